The molecule has 4 bridgehead atoms. The minimum absolute atomic E-state index is 0.306. The van der Waals surface area contributed by atoms with Gasteiger partial charge in [-0.25, -0.2) is 0 Å². The van der Waals surface area contributed by atoms with Crippen molar-refractivity contribution in [2.45, 2.75) is 16.1 Å². The molecule has 1 aliphatic carbocycles. The summed E-state index contributed by atoms with van der Waals surface area (Å²) in [6.45, 7) is 0. The van der Waals surface area contributed by atoms with Crippen LogP contribution in [0.1, 0.15) is 27.2 Å². The van der Waals surface area contributed by atoms with Crippen molar-refractivity contribution in [2.24, 2.45) is 0 Å². The van der Waals surface area contributed by atoms with Gasteiger partial charge in [0.15, 0.2) is 0 Å². The molecule has 0 saturated carbocycles. The minimum Gasteiger partial charge on any atom is -0.256 e. The molecular formula is C20H15Br2N. The van der Waals surface area contributed by atoms with Gasteiger partial charge in [0.05, 0.1) is 5.69 Å². The maximum atomic E-state index is 4.67. The molecule has 2 unspecified atom stereocenters. The monoisotopic (exact) mass is 427 g/mol. The van der Waals surface area contributed by atoms with E-state index >= 15 is 0 Å². The largest absolute Gasteiger partial charge is 0.256 e. The average Bonchev–Trinajstić information content (AvgIpc) is 2.62. The van der Waals surface area contributed by atoms with Gasteiger partial charge in [0.25, 0.3) is 0 Å². The van der Waals surface area contributed by atoms with Gasteiger partial charge in [-0.2, -0.15) is 0 Å². The summed E-state index contributed by atoms with van der Waals surface area (Å²) in [5, 5.41) is 0. The number of aromatic nitrogens is 1. The van der Waals surface area contributed by atoms with E-state index in [2.05, 4.69) is 91.4 Å². The highest BCUT2D eigenvalue weighted by Gasteiger charge is 2.19. The Hall–Kier alpha value is -1.45. The van der Waals surface area contributed by atoms with E-state index in [1.165, 1.54) is 27.8 Å². The van der Waals surface area contributed by atoms with Crippen molar-refractivity contribution in [1.82, 2.24) is 4.98 Å². The molecule has 1 aliphatic rings. The fraction of sp³-hybridized carbons (Fsp3) is 0.150. The predicted molar refractivity (Wildman–Crippen MR) is 103 cm³/mol. The normalized spacial score (nSPS) is 19.6. The van der Waals surface area contributed by atoms with Gasteiger partial charge in [0.1, 0.15) is 0 Å². The number of hydrogen-bond donors (Lipinski definition) is 0. The lowest BCUT2D eigenvalue weighted by Gasteiger charge is -2.16. The Kier molecular flexibility index (Phi) is 4.08. The van der Waals surface area contributed by atoms with Crippen LogP contribution in [0.3, 0.4) is 0 Å². The Balaban J connectivity index is 2.02. The molecule has 3 aromatic rings. The van der Waals surface area contributed by atoms with Crippen LogP contribution in [0, 0.1) is 0 Å². The molecular weight excluding hydrogens is 414 g/mol. The maximum Gasteiger partial charge on any atom is 0.0780 e. The van der Waals surface area contributed by atoms with E-state index in [4.69, 9.17) is 0 Å². The van der Waals surface area contributed by atoms with Crippen molar-refractivity contribution < 1.29 is 0 Å². The number of rotatable bonds is 0. The van der Waals surface area contributed by atoms with Crippen molar-refractivity contribution in [3.05, 3.63) is 78.0 Å². The number of fused-ring (bicyclic) bond motifs is 7. The van der Waals surface area contributed by atoms with Gasteiger partial charge in [-0.1, -0.05) is 74.3 Å². The molecule has 0 aliphatic heterocycles. The van der Waals surface area contributed by atoms with Crippen LogP contribution in [-0.2, 0) is 0 Å². The fourth-order valence-corrected chi connectivity index (χ4v) is 4.92. The Morgan fingerprint density at radius 3 is 2.17 bits per heavy atom. The summed E-state index contributed by atoms with van der Waals surface area (Å²) >= 11 is 7.71. The lowest BCUT2D eigenvalue weighted by atomic mass is 9.97. The summed E-state index contributed by atoms with van der Waals surface area (Å²) in [6.07, 6.45) is 2.87. The zero-order valence-corrected chi connectivity index (χ0v) is 15.6. The van der Waals surface area contributed by atoms with Crippen LogP contribution in [0.15, 0.2) is 66.9 Å². The van der Waals surface area contributed by atoms with Crippen LogP contribution in [-0.4, -0.2) is 4.98 Å². The third-order valence-electron chi connectivity index (χ3n) is 4.30. The van der Waals surface area contributed by atoms with E-state index in [-0.39, 0.29) is 0 Å². The van der Waals surface area contributed by atoms with Crippen molar-refractivity contribution in [2.75, 3.05) is 0 Å². The highest BCUT2D eigenvalue weighted by Crippen LogP contribution is 2.41. The molecule has 2 atom stereocenters. The van der Waals surface area contributed by atoms with Crippen molar-refractivity contribution >= 4 is 31.9 Å². The lowest BCUT2D eigenvalue weighted by molar-refractivity contribution is 0.807. The number of nitrogens with zero attached hydrogens (tertiary/aromatic N) is 1. The van der Waals surface area contributed by atoms with E-state index in [1.54, 1.807) is 0 Å². The van der Waals surface area contributed by atoms with Crippen molar-refractivity contribution in [3.63, 3.8) is 0 Å². The number of alkyl halides is 2. The first-order valence-corrected chi connectivity index (χ1v) is 9.49. The second-order valence-corrected chi connectivity index (χ2v) is 8.03. The smallest absolute Gasteiger partial charge is 0.0780 e. The molecule has 114 valence electrons. The maximum absolute atomic E-state index is 4.67. The molecule has 0 saturated heterocycles. The van der Waals surface area contributed by atoms with Gasteiger partial charge >= 0.3 is 0 Å². The highest BCUT2D eigenvalue weighted by atomic mass is 79.9. The minimum atomic E-state index is 0.306. The molecule has 0 fully saturated rings. The molecule has 3 heteroatoms. The predicted octanol–water partition coefficient (Wildman–Crippen LogP) is 6.69. The highest BCUT2D eigenvalue weighted by molar-refractivity contribution is 9.09. The quantitative estimate of drug-likeness (QED) is 0.363. The molecule has 2 aromatic carbocycles. The Morgan fingerprint density at radius 2 is 1.43 bits per heavy atom. The standard InChI is InChI=1S/C20H15Br2N/c21-18-12-19(22)15-6-2-7-16(11-15)20-17(8-3-9-23-20)13-4-1-5-14(18)10-13/h1-11,18-19H,12H2. The third-order valence-corrected chi connectivity index (χ3v) is 6.11. The topological polar surface area (TPSA) is 12.9 Å². The van der Waals surface area contributed by atoms with Crippen LogP contribution in [0.5, 0.6) is 0 Å². The molecule has 1 aromatic heterocycles. The van der Waals surface area contributed by atoms with E-state index in [0.29, 0.717) is 9.65 Å². The summed E-state index contributed by atoms with van der Waals surface area (Å²) in [7, 11) is 0. The molecule has 0 N–H and O–H groups in total. The molecule has 0 spiro atoms. The Bertz CT molecular complexity index is 789. The summed E-state index contributed by atoms with van der Waals surface area (Å²) in [5.41, 5.74) is 7.20. The van der Waals surface area contributed by atoms with Crippen LogP contribution in [0.4, 0.5) is 0 Å². The molecule has 0 radical (unpaired) electrons. The van der Waals surface area contributed by atoms with E-state index in [0.717, 1.165) is 12.1 Å². The van der Waals surface area contributed by atoms with Gasteiger partial charge in [0.2, 0.25) is 0 Å². The summed E-state index contributed by atoms with van der Waals surface area (Å²) in [4.78, 5) is 5.29. The Morgan fingerprint density at radius 1 is 0.783 bits per heavy atom. The molecule has 23 heavy (non-hydrogen) atoms. The van der Waals surface area contributed by atoms with E-state index < -0.39 is 0 Å². The molecule has 1 nitrogen and oxygen atoms in total. The summed E-state index contributed by atoms with van der Waals surface area (Å²) in [6, 6.07) is 21.6. The van der Waals surface area contributed by atoms with Gasteiger partial charge < -0.3 is 0 Å². The van der Waals surface area contributed by atoms with Gasteiger partial charge in [0, 0.05) is 27.0 Å². The molecule has 0 amide bonds. The van der Waals surface area contributed by atoms with E-state index in [9.17, 15) is 0 Å². The van der Waals surface area contributed by atoms with Gasteiger partial charge in [-0.05, 0) is 41.3 Å². The van der Waals surface area contributed by atoms with Gasteiger partial charge in [-0.3, -0.25) is 4.98 Å². The van der Waals surface area contributed by atoms with Gasteiger partial charge in [-0.15, -0.1) is 0 Å². The number of benzene rings is 2. The van der Waals surface area contributed by atoms with Crippen LogP contribution >= 0.6 is 31.9 Å². The number of halogens is 2. The average molecular weight is 429 g/mol. The zero-order valence-electron chi connectivity index (χ0n) is 12.4. The Labute approximate surface area is 153 Å². The SMILES string of the molecule is BrC1CC(Br)c2cccc(c2)-c2ncccc2-c2cccc1c2. The summed E-state index contributed by atoms with van der Waals surface area (Å²) < 4.78 is 0. The number of hydrogen-bond acceptors (Lipinski definition) is 1. The zero-order chi connectivity index (χ0) is 15.8. The van der Waals surface area contributed by atoms with E-state index in [1.807, 2.05) is 12.3 Å². The van der Waals surface area contributed by atoms with Crippen molar-refractivity contribution in [1.29, 1.82) is 0 Å². The molecule has 1 heterocycles. The summed E-state index contributed by atoms with van der Waals surface area (Å²) in [5.74, 6) is 0. The third kappa shape index (κ3) is 2.88. The molecule has 4 rings (SSSR count). The number of pyridine rings is 1. The van der Waals surface area contributed by atoms with Crippen LogP contribution in [0.2, 0.25) is 0 Å². The lowest BCUT2D eigenvalue weighted by Crippen LogP contribution is -1.96. The van der Waals surface area contributed by atoms with Crippen molar-refractivity contribution in [3.8, 4) is 22.4 Å². The first-order valence-electron chi connectivity index (χ1n) is 7.66. The fourth-order valence-electron chi connectivity index (χ4n) is 3.10. The van der Waals surface area contributed by atoms with Crippen LogP contribution < -0.4 is 0 Å². The first kappa shape index (κ1) is 15.1. The first-order chi connectivity index (χ1) is 11.2. The second-order valence-electron chi connectivity index (χ2n) is 5.82. The second kappa shape index (κ2) is 6.21. The van der Waals surface area contributed by atoms with Crippen LogP contribution in [0.25, 0.3) is 22.4 Å².